The van der Waals surface area contributed by atoms with Gasteiger partial charge in [0.15, 0.2) is 17.2 Å². The number of phenolic OH excluding ortho intramolecular Hbond substituents is 1. The van der Waals surface area contributed by atoms with Gasteiger partial charge in [-0.2, -0.15) is 0 Å². The number of aliphatic hydroxyl groups excluding tert-OH is 2. The molecular formula is C40H44O7. The van der Waals surface area contributed by atoms with Crippen LogP contribution in [0.15, 0.2) is 65.4 Å². The van der Waals surface area contributed by atoms with Crippen LogP contribution < -0.4 is 0 Å². The van der Waals surface area contributed by atoms with E-state index < -0.39 is 56.8 Å². The predicted molar refractivity (Wildman–Crippen MR) is 182 cm³/mol. The summed E-state index contributed by atoms with van der Waals surface area (Å²) in [5, 5.41) is 49.0. The molecule has 3 aromatic rings. The van der Waals surface area contributed by atoms with Crippen molar-refractivity contribution in [3.63, 3.8) is 0 Å². The van der Waals surface area contributed by atoms with Crippen molar-refractivity contribution in [2.24, 2.45) is 28.6 Å². The molecule has 0 spiro atoms. The number of phenols is 1. The number of benzene rings is 3. The first-order chi connectivity index (χ1) is 22.0. The zero-order valence-electron chi connectivity index (χ0n) is 28.2. The van der Waals surface area contributed by atoms with Gasteiger partial charge in [0.05, 0.1) is 5.56 Å². The van der Waals surface area contributed by atoms with Gasteiger partial charge in [-0.25, -0.2) is 0 Å². The molecule has 47 heavy (non-hydrogen) atoms. The molecule has 1 unspecified atom stereocenters. The Morgan fingerprint density at radius 1 is 0.915 bits per heavy atom. The molecule has 0 aromatic heterocycles. The fourth-order valence-electron chi connectivity index (χ4n) is 9.23. The van der Waals surface area contributed by atoms with E-state index in [4.69, 9.17) is 0 Å². The number of ketones is 3. The fraction of sp³-hybridized carbons (Fsp3) is 0.425. The summed E-state index contributed by atoms with van der Waals surface area (Å²) < 4.78 is 0. The number of aliphatic hydroxyl groups is 3. The molecule has 0 aliphatic heterocycles. The molecule has 246 valence electrons. The van der Waals surface area contributed by atoms with E-state index in [1.165, 1.54) is 11.6 Å². The van der Waals surface area contributed by atoms with Gasteiger partial charge in [-0.3, -0.25) is 14.4 Å². The molecule has 3 aromatic carbocycles. The lowest BCUT2D eigenvalue weighted by molar-refractivity contribution is -0.178. The average Bonchev–Trinajstić information content (AvgIpc) is 2.97. The van der Waals surface area contributed by atoms with E-state index in [0.29, 0.717) is 11.5 Å². The highest BCUT2D eigenvalue weighted by atomic mass is 16.3. The van der Waals surface area contributed by atoms with E-state index in [9.17, 15) is 34.8 Å². The van der Waals surface area contributed by atoms with Gasteiger partial charge in [0.2, 0.25) is 5.78 Å². The van der Waals surface area contributed by atoms with Crippen molar-refractivity contribution in [3.05, 3.63) is 82.1 Å². The van der Waals surface area contributed by atoms with E-state index in [1.807, 2.05) is 25.1 Å². The van der Waals surface area contributed by atoms with E-state index in [2.05, 4.69) is 38.1 Å². The number of aryl methyl sites for hydroxylation is 1. The lowest BCUT2D eigenvalue weighted by Gasteiger charge is -2.59. The Morgan fingerprint density at radius 2 is 1.55 bits per heavy atom. The molecule has 6 rings (SSSR count). The van der Waals surface area contributed by atoms with E-state index >= 15 is 0 Å². The second kappa shape index (κ2) is 10.9. The number of carbonyl (C=O) groups excluding carboxylic acids is 3. The van der Waals surface area contributed by atoms with Crippen LogP contribution in [-0.2, 0) is 27.2 Å². The van der Waals surface area contributed by atoms with Crippen molar-refractivity contribution in [3.8, 4) is 16.9 Å². The van der Waals surface area contributed by atoms with Gasteiger partial charge in [0.1, 0.15) is 22.8 Å². The molecule has 3 aliphatic carbocycles. The van der Waals surface area contributed by atoms with Crippen molar-refractivity contribution >= 4 is 33.9 Å². The van der Waals surface area contributed by atoms with Crippen LogP contribution in [0.3, 0.4) is 0 Å². The molecule has 4 atom stereocenters. The van der Waals surface area contributed by atoms with E-state index in [0.717, 1.165) is 41.7 Å². The maximum atomic E-state index is 14.6. The normalized spacial score (nSPS) is 27.4. The molecule has 7 heteroatoms. The van der Waals surface area contributed by atoms with Crippen LogP contribution in [0, 0.1) is 28.6 Å². The summed E-state index contributed by atoms with van der Waals surface area (Å²) in [6, 6.07) is 15.7. The first-order valence-electron chi connectivity index (χ1n) is 16.6. The molecule has 4 N–H and O–H groups in total. The minimum atomic E-state index is -2.63. The largest absolute Gasteiger partial charge is 0.508 e. The van der Waals surface area contributed by atoms with Crippen LogP contribution in [0.25, 0.3) is 27.7 Å². The maximum absolute atomic E-state index is 14.6. The van der Waals surface area contributed by atoms with Gasteiger partial charge in [-0.05, 0) is 83.5 Å². The van der Waals surface area contributed by atoms with Crippen LogP contribution in [0.2, 0.25) is 0 Å². The summed E-state index contributed by atoms with van der Waals surface area (Å²) in [4.78, 5) is 41.1. The van der Waals surface area contributed by atoms with Crippen LogP contribution >= 0.6 is 0 Å². The topological polar surface area (TPSA) is 132 Å². The minimum absolute atomic E-state index is 0.0505. The van der Waals surface area contributed by atoms with Crippen molar-refractivity contribution in [2.75, 3.05) is 0 Å². The van der Waals surface area contributed by atoms with Crippen LogP contribution in [-0.4, -0.2) is 43.4 Å². The summed E-state index contributed by atoms with van der Waals surface area (Å²) in [6.07, 6.45) is 2.25. The Labute approximate surface area is 275 Å². The SMILES string of the molecule is CC(=O)C1=C(O)[C@]2(O)C(=O)C3=C(O)c4c(O)ccc(-c5ccc(CCC(C)C)c6ccccc56)c4C[C@]3(C)C[C@]2(C)C(C(C)C)C1=O. The van der Waals surface area contributed by atoms with Gasteiger partial charge in [-0.15, -0.1) is 0 Å². The Kier molecular flexibility index (Phi) is 7.59. The molecule has 3 aliphatic rings. The number of aromatic hydroxyl groups is 1. The summed E-state index contributed by atoms with van der Waals surface area (Å²) in [7, 11) is 0. The van der Waals surface area contributed by atoms with Crippen molar-refractivity contribution in [1.82, 2.24) is 0 Å². The van der Waals surface area contributed by atoms with E-state index in [1.54, 1.807) is 20.8 Å². The summed E-state index contributed by atoms with van der Waals surface area (Å²) >= 11 is 0. The second-order valence-electron chi connectivity index (χ2n) is 15.2. The average molecular weight is 637 g/mol. The minimum Gasteiger partial charge on any atom is -0.508 e. The summed E-state index contributed by atoms with van der Waals surface area (Å²) in [6.45, 7) is 12.6. The summed E-state index contributed by atoms with van der Waals surface area (Å²) in [5.41, 5.74) is -2.20. The fourth-order valence-corrected chi connectivity index (χ4v) is 9.23. The highest BCUT2D eigenvalue weighted by Crippen LogP contribution is 2.65. The summed E-state index contributed by atoms with van der Waals surface area (Å²) in [5.74, 6) is -4.74. The third-order valence-corrected chi connectivity index (χ3v) is 11.2. The van der Waals surface area contributed by atoms with Crippen molar-refractivity contribution < 1.29 is 34.8 Å². The number of allylic oxidation sites excluding steroid dienone is 1. The Hall–Kier alpha value is -4.23. The zero-order valence-corrected chi connectivity index (χ0v) is 28.2. The molecule has 0 bridgehead atoms. The van der Waals surface area contributed by atoms with Crippen molar-refractivity contribution in [1.29, 1.82) is 0 Å². The number of carbonyl (C=O) groups is 3. The van der Waals surface area contributed by atoms with Gasteiger partial charge >= 0.3 is 0 Å². The lowest BCUT2D eigenvalue weighted by atomic mass is 9.43. The molecule has 0 heterocycles. The Balaban J connectivity index is 1.60. The molecule has 1 saturated carbocycles. The number of hydrogen-bond donors (Lipinski definition) is 4. The smallest absolute Gasteiger partial charge is 0.203 e. The van der Waals surface area contributed by atoms with Crippen LogP contribution in [0.1, 0.15) is 78.0 Å². The number of fused-ring (bicyclic) bond motifs is 4. The molecule has 0 saturated heterocycles. The first-order valence-corrected chi connectivity index (χ1v) is 16.6. The highest BCUT2D eigenvalue weighted by molar-refractivity contribution is 6.24. The third kappa shape index (κ3) is 4.46. The maximum Gasteiger partial charge on any atom is 0.203 e. The van der Waals surface area contributed by atoms with Gasteiger partial charge in [0, 0.05) is 22.3 Å². The quantitative estimate of drug-likeness (QED) is 0.205. The van der Waals surface area contributed by atoms with E-state index in [-0.39, 0.29) is 35.6 Å². The van der Waals surface area contributed by atoms with Crippen LogP contribution in [0.5, 0.6) is 5.75 Å². The molecule has 1 fully saturated rings. The molecule has 0 radical (unpaired) electrons. The van der Waals surface area contributed by atoms with Gasteiger partial charge in [-0.1, -0.05) is 84.0 Å². The third-order valence-electron chi connectivity index (χ3n) is 11.2. The first kappa shape index (κ1) is 32.7. The number of rotatable bonds is 6. The standard InChI is InChI=1S/C40H44O7/c1-20(2)12-13-23-14-15-26(25-11-9-8-10-24(23)25)27-16-17-29(42)31-28(27)18-38(6)19-39(7)32(21(3)4)34(43)30(22(5)41)36(45)40(39,47)37(46)33(38)35(31)44/h8-11,14-17,20-21,32,42,44-45,47H,12-13,18-19H2,1-7H3/t32?,38-,39-,40+/m1/s1. The Bertz CT molecular complexity index is 1950. The second-order valence-corrected chi connectivity index (χ2v) is 15.2. The molecular weight excluding hydrogens is 592 g/mol. The van der Waals surface area contributed by atoms with Gasteiger partial charge < -0.3 is 20.4 Å². The highest BCUT2D eigenvalue weighted by Gasteiger charge is 2.72. The van der Waals surface area contributed by atoms with Gasteiger partial charge in [0.25, 0.3) is 0 Å². The zero-order chi connectivity index (χ0) is 34.4. The molecule has 7 nitrogen and oxygen atoms in total. The van der Waals surface area contributed by atoms with Crippen LogP contribution in [0.4, 0.5) is 0 Å². The molecule has 0 amide bonds. The number of Topliss-reactive ketones (excluding diaryl/α,β-unsaturated/α-hetero) is 3. The predicted octanol–water partition coefficient (Wildman–Crippen LogP) is 7.60. The number of hydrogen-bond acceptors (Lipinski definition) is 7. The lowest BCUT2D eigenvalue weighted by Crippen LogP contribution is -2.69. The van der Waals surface area contributed by atoms with Crippen molar-refractivity contribution in [2.45, 2.75) is 79.8 Å². The Morgan fingerprint density at radius 3 is 2.17 bits per heavy atom. The monoisotopic (exact) mass is 636 g/mol.